The van der Waals surface area contributed by atoms with Gasteiger partial charge in [0.2, 0.25) is 11.9 Å². The van der Waals surface area contributed by atoms with Gasteiger partial charge in [0, 0.05) is 19.1 Å². The molecule has 2 atom stereocenters. The Kier molecular flexibility index (Phi) is 5.57. The van der Waals surface area contributed by atoms with Crippen molar-refractivity contribution in [2.75, 3.05) is 25.5 Å². The number of nitrogens with one attached hydrogen (secondary N) is 1. The fourth-order valence-electron chi connectivity index (χ4n) is 4.35. The van der Waals surface area contributed by atoms with E-state index in [9.17, 15) is 18.0 Å². The number of hydrogen-bond acceptors (Lipinski definition) is 5. The van der Waals surface area contributed by atoms with Gasteiger partial charge >= 0.3 is 6.18 Å². The van der Waals surface area contributed by atoms with Gasteiger partial charge in [-0.25, -0.2) is 4.68 Å². The summed E-state index contributed by atoms with van der Waals surface area (Å²) in [5.41, 5.74) is 0.878. The minimum atomic E-state index is -4.38. The van der Waals surface area contributed by atoms with E-state index in [2.05, 4.69) is 15.4 Å². The second-order valence-electron chi connectivity index (χ2n) is 7.82. The second-order valence-corrected chi connectivity index (χ2v) is 7.82. The summed E-state index contributed by atoms with van der Waals surface area (Å²) in [4.78, 5) is 18.4. The summed E-state index contributed by atoms with van der Waals surface area (Å²) in [6.45, 7) is 1.07. The first-order valence-corrected chi connectivity index (χ1v) is 9.98. The van der Waals surface area contributed by atoms with Crippen LogP contribution in [0.4, 0.5) is 19.1 Å². The van der Waals surface area contributed by atoms with Crippen molar-refractivity contribution in [1.29, 1.82) is 0 Å². The van der Waals surface area contributed by atoms with Crippen molar-refractivity contribution < 1.29 is 22.7 Å². The van der Waals surface area contributed by atoms with Crippen molar-refractivity contribution in [3.05, 3.63) is 36.2 Å². The maximum absolute atomic E-state index is 13.5. The molecule has 1 amide bonds. The molecule has 0 spiro atoms. The summed E-state index contributed by atoms with van der Waals surface area (Å²) in [5, 5.41) is 6.85. The lowest BCUT2D eigenvalue weighted by Gasteiger charge is -2.40. The molecule has 1 aromatic carbocycles. The van der Waals surface area contributed by atoms with Crippen LogP contribution >= 0.6 is 0 Å². The minimum absolute atomic E-state index is 0.0196. The van der Waals surface area contributed by atoms with E-state index < -0.39 is 12.2 Å². The molecule has 1 aromatic heterocycles. The van der Waals surface area contributed by atoms with E-state index in [-0.39, 0.29) is 36.7 Å². The van der Waals surface area contributed by atoms with Gasteiger partial charge < -0.3 is 15.0 Å². The lowest BCUT2D eigenvalue weighted by molar-refractivity contribution is -0.174. The fraction of sp³-hybridized carbons (Fsp3) is 0.550. The van der Waals surface area contributed by atoms with Crippen molar-refractivity contribution in [2.24, 2.45) is 5.92 Å². The second kappa shape index (κ2) is 8.16. The highest BCUT2D eigenvalue weighted by Crippen LogP contribution is 2.41. The number of methoxy groups -OCH3 is 1. The van der Waals surface area contributed by atoms with Crippen LogP contribution in [0.25, 0.3) is 0 Å². The third kappa shape index (κ3) is 4.22. The molecule has 2 aromatic rings. The summed E-state index contributed by atoms with van der Waals surface area (Å²) in [6.07, 6.45) is -1.73. The molecular weight excluding hydrogens is 399 g/mol. The number of anilines is 1. The first kappa shape index (κ1) is 20.5. The molecule has 2 aliphatic rings. The summed E-state index contributed by atoms with van der Waals surface area (Å²) >= 11 is 0. The standard InChI is InChI=1S/C20H24F3N5O2/c1-30-15-4-2-3-13(9-15)10-18(29)27-7-5-14(6-8-27)16-11-17(20(21,22)23)28-19(26-16)24-12-25-28/h2-4,9,12,14,16-17H,5-8,10-11H2,1H3,(H,24,25,26)/t16-,17+/m0/s1. The molecule has 1 saturated heterocycles. The van der Waals surface area contributed by atoms with Crippen LogP contribution in [0.5, 0.6) is 5.75 Å². The number of piperidine rings is 1. The number of carbonyl (C=O) groups excluding carboxylic acids is 1. The van der Waals surface area contributed by atoms with E-state index in [0.29, 0.717) is 31.7 Å². The molecule has 4 rings (SSSR count). The molecule has 30 heavy (non-hydrogen) atoms. The van der Waals surface area contributed by atoms with Crippen LogP contribution in [0.2, 0.25) is 0 Å². The zero-order valence-corrected chi connectivity index (χ0v) is 16.6. The minimum Gasteiger partial charge on any atom is -0.497 e. The number of amides is 1. The van der Waals surface area contributed by atoms with Crippen molar-refractivity contribution in [3.63, 3.8) is 0 Å². The van der Waals surface area contributed by atoms with Crippen LogP contribution in [0.15, 0.2) is 30.6 Å². The molecule has 7 nitrogen and oxygen atoms in total. The number of nitrogens with zero attached hydrogens (tertiary/aromatic N) is 4. The molecule has 0 aliphatic carbocycles. The Labute approximate surface area is 172 Å². The van der Waals surface area contributed by atoms with Crippen molar-refractivity contribution >= 4 is 11.9 Å². The van der Waals surface area contributed by atoms with Crippen LogP contribution in [0.3, 0.4) is 0 Å². The number of halogens is 3. The average Bonchev–Trinajstić information content (AvgIpc) is 3.21. The summed E-state index contributed by atoms with van der Waals surface area (Å²) in [6, 6.07) is 5.37. The Morgan fingerprint density at radius 2 is 2.07 bits per heavy atom. The van der Waals surface area contributed by atoms with Crippen LogP contribution < -0.4 is 10.1 Å². The van der Waals surface area contributed by atoms with E-state index >= 15 is 0 Å². The van der Waals surface area contributed by atoms with Crippen molar-refractivity contribution in [2.45, 2.75) is 43.9 Å². The quantitative estimate of drug-likeness (QED) is 0.819. The molecule has 0 unspecified atom stereocenters. The van der Waals surface area contributed by atoms with Gasteiger partial charge in [-0.1, -0.05) is 12.1 Å². The zero-order chi connectivity index (χ0) is 21.3. The van der Waals surface area contributed by atoms with Gasteiger partial charge in [0.25, 0.3) is 0 Å². The first-order chi connectivity index (χ1) is 14.3. The topological polar surface area (TPSA) is 72.3 Å². The molecule has 3 heterocycles. The number of fused-ring (bicyclic) bond motifs is 1. The molecule has 1 N–H and O–H groups in total. The van der Waals surface area contributed by atoms with E-state index in [4.69, 9.17) is 4.74 Å². The number of alkyl halides is 3. The Morgan fingerprint density at radius 1 is 1.30 bits per heavy atom. The molecular formula is C20H24F3N5O2. The number of hydrogen-bond donors (Lipinski definition) is 1. The fourth-order valence-corrected chi connectivity index (χ4v) is 4.35. The largest absolute Gasteiger partial charge is 0.497 e. The maximum atomic E-state index is 13.5. The number of aromatic nitrogens is 3. The smallest absolute Gasteiger partial charge is 0.411 e. The summed E-state index contributed by atoms with van der Waals surface area (Å²) < 4.78 is 46.6. The van der Waals surface area contributed by atoms with Crippen LogP contribution in [-0.4, -0.2) is 58.0 Å². The number of likely N-dealkylation sites (tertiary alicyclic amines) is 1. The highest BCUT2D eigenvalue weighted by atomic mass is 19.4. The van der Waals surface area contributed by atoms with Gasteiger partial charge in [-0.3, -0.25) is 4.79 Å². The van der Waals surface area contributed by atoms with Gasteiger partial charge in [-0.05, 0) is 42.9 Å². The van der Waals surface area contributed by atoms with E-state index in [1.165, 1.54) is 0 Å². The number of carbonyl (C=O) groups is 1. The molecule has 10 heteroatoms. The van der Waals surface area contributed by atoms with E-state index in [1.54, 1.807) is 12.0 Å². The lowest BCUT2D eigenvalue weighted by Crippen LogP contribution is -2.47. The number of ether oxygens (including phenoxy) is 1. The molecule has 0 saturated carbocycles. The molecule has 1 fully saturated rings. The lowest BCUT2D eigenvalue weighted by atomic mass is 9.85. The predicted octanol–water partition coefficient (Wildman–Crippen LogP) is 3.06. The molecule has 2 aliphatic heterocycles. The summed E-state index contributed by atoms with van der Waals surface area (Å²) in [7, 11) is 1.58. The van der Waals surface area contributed by atoms with Gasteiger partial charge in [0.05, 0.1) is 13.5 Å². The predicted molar refractivity (Wildman–Crippen MR) is 103 cm³/mol. The monoisotopic (exact) mass is 423 g/mol. The molecule has 0 radical (unpaired) electrons. The SMILES string of the molecule is COc1cccc(CC(=O)N2CCC([C@@H]3C[C@H](C(F)(F)F)n4ncnc4N3)CC2)c1. The highest BCUT2D eigenvalue weighted by molar-refractivity contribution is 5.79. The summed E-state index contributed by atoms with van der Waals surface area (Å²) in [5.74, 6) is 0.923. The Balaban J connectivity index is 1.36. The van der Waals surface area contributed by atoms with E-state index in [0.717, 1.165) is 16.6 Å². The Morgan fingerprint density at radius 3 is 2.77 bits per heavy atom. The Hall–Kier alpha value is -2.78. The first-order valence-electron chi connectivity index (χ1n) is 9.98. The zero-order valence-electron chi connectivity index (χ0n) is 16.6. The molecule has 0 bridgehead atoms. The van der Waals surface area contributed by atoms with Gasteiger partial charge in [-0.15, -0.1) is 0 Å². The highest BCUT2D eigenvalue weighted by Gasteiger charge is 2.48. The van der Waals surface area contributed by atoms with Gasteiger partial charge in [0.1, 0.15) is 12.1 Å². The van der Waals surface area contributed by atoms with Crippen LogP contribution in [0.1, 0.15) is 30.9 Å². The molecule has 162 valence electrons. The van der Waals surface area contributed by atoms with Crippen LogP contribution in [0, 0.1) is 5.92 Å². The normalized spacial score (nSPS) is 22.3. The average molecular weight is 423 g/mol. The Bertz CT molecular complexity index is 893. The number of rotatable bonds is 4. The maximum Gasteiger partial charge on any atom is 0.411 e. The van der Waals surface area contributed by atoms with Gasteiger partial charge in [0.15, 0.2) is 6.04 Å². The van der Waals surface area contributed by atoms with Gasteiger partial charge in [-0.2, -0.15) is 23.3 Å². The van der Waals surface area contributed by atoms with Crippen LogP contribution in [-0.2, 0) is 11.2 Å². The van der Waals surface area contributed by atoms with E-state index in [1.807, 2.05) is 24.3 Å². The van der Waals surface area contributed by atoms with Crippen molar-refractivity contribution in [1.82, 2.24) is 19.7 Å². The third-order valence-corrected chi connectivity index (χ3v) is 5.99. The van der Waals surface area contributed by atoms with Crippen molar-refractivity contribution in [3.8, 4) is 5.75 Å². The third-order valence-electron chi connectivity index (χ3n) is 5.99. The number of benzene rings is 1.